The van der Waals surface area contributed by atoms with Gasteiger partial charge in [-0.1, -0.05) is 13.8 Å². The molecule has 4 aromatic heterocycles. The summed E-state index contributed by atoms with van der Waals surface area (Å²) in [6, 6.07) is 8.53. The zero-order valence-corrected chi connectivity index (χ0v) is 23.4. The molecule has 1 atom stereocenters. The molecule has 4 aromatic rings. The zero-order valence-electron chi connectivity index (χ0n) is 22.6. The lowest BCUT2D eigenvalue weighted by atomic mass is 10.0. The summed E-state index contributed by atoms with van der Waals surface area (Å²) in [5, 5.41) is 33.7. The van der Waals surface area contributed by atoms with E-state index < -0.39 is 6.04 Å². The molecule has 1 aliphatic heterocycles. The number of anilines is 1. The molecule has 4 N–H and O–H groups in total. The molecule has 5 rings (SSSR count). The van der Waals surface area contributed by atoms with E-state index in [1.54, 1.807) is 35.0 Å². The number of carbonyl (C=O) groups is 1. The predicted molar refractivity (Wildman–Crippen MR) is 157 cm³/mol. The van der Waals surface area contributed by atoms with Gasteiger partial charge in [0.15, 0.2) is 5.65 Å². The van der Waals surface area contributed by atoms with Crippen LogP contribution in [0, 0.1) is 16.7 Å². The Morgan fingerprint density at radius 1 is 1.18 bits per heavy atom. The molecule has 0 saturated carbocycles. The number of ether oxygens (including phenoxy) is 1. The van der Waals surface area contributed by atoms with Gasteiger partial charge in [-0.3, -0.25) is 20.0 Å². The number of pyridine rings is 2. The zero-order chi connectivity index (χ0) is 28.2. The average Bonchev–Trinajstić information content (AvgIpc) is 3.73. The van der Waals surface area contributed by atoms with Gasteiger partial charge < -0.3 is 20.1 Å². The van der Waals surface area contributed by atoms with Crippen LogP contribution in [0.4, 0.5) is 5.82 Å². The SMILES string of the molecule is CC(C)CC(CO)NC(=O)c1c(-c2ccsc2)nc2c(C(=N)OC(=N)c3ccc(N4CCCC4)nc3)cccn12. The van der Waals surface area contributed by atoms with Gasteiger partial charge in [0, 0.05) is 36.4 Å². The molecule has 40 heavy (non-hydrogen) atoms. The molecular formula is C29H33N7O3S. The van der Waals surface area contributed by atoms with Crippen LogP contribution < -0.4 is 10.2 Å². The molecule has 1 unspecified atom stereocenters. The Morgan fingerprint density at radius 2 is 1.98 bits per heavy atom. The third kappa shape index (κ3) is 5.75. The molecule has 0 radical (unpaired) electrons. The van der Waals surface area contributed by atoms with Gasteiger partial charge in [-0.25, -0.2) is 9.97 Å². The molecule has 0 aromatic carbocycles. The van der Waals surface area contributed by atoms with Crippen LogP contribution in [-0.4, -0.2) is 62.9 Å². The summed E-state index contributed by atoms with van der Waals surface area (Å²) in [6.07, 6.45) is 6.23. The van der Waals surface area contributed by atoms with Crippen molar-refractivity contribution in [3.63, 3.8) is 0 Å². The molecule has 1 saturated heterocycles. The van der Waals surface area contributed by atoms with Gasteiger partial charge in [-0.2, -0.15) is 11.3 Å². The summed E-state index contributed by atoms with van der Waals surface area (Å²) in [5.74, 6) is 0.336. The van der Waals surface area contributed by atoms with E-state index in [2.05, 4.69) is 15.2 Å². The van der Waals surface area contributed by atoms with Crippen molar-refractivity contribution in [3.8, 4) is 11.3 Å². The van der Waals surface area contributed by atoms with Crippen molar-refractivity contribution < 1.29 is 14.6 Å². The highest BCUT2D eigenvalue weighted by atomic mass is 32.1. The van der Waals surface area contributed by atoms with Crippen LogP contribution >= 0.6 is 11.3 Å². The van der Waals surface area contributed by atoms with E-state index in [1.807, 2.05) is 36.7 Å². The minimum atomic E-state index is -0.399. The molecular weight excluding hydrogens is 526 g/mol. The van der Waals surface area contributed by atoms with E-state index >= 15 is 0 Å². The first-order chi connectivity index (χ1) is 19.4. The topological polar surface area (TPSA) is 140 Å². The standard InChI is InChI=1S/C29H33N7O3S/c1-18(2)14-21(16-37)33-29(38)25-24(20-9-13-40-17-20)34-28-22(6-5-12-36(25)28)27(31)39-26(30)19-7-8-23(32-15-19)35-10-3-4-11-35/h5-9,12-13,15,17-18,21,30-31,37H,3-4,10-11,14,16H2,1-2H3,(H,33,38). The minimum absolute atomic E-state index is 0.172. The monoisotopic (exact) mass is 559 g/mol. The smallest absolute Gasteiger partial charge is 0.270 e. The molecule has 1 amide bonds. The first-order valence-electron chi connectivity index (χ1n) is 13.4. The van der Waals surface area contributed by atoms with Gasteiger partial charge in [-0.15, -0.1) is 0 Å². The fourth-order valence-corrected chi connectivity index (χ4v) is 5.57. The number of aromatic nitrogens is 3. The van der Waals surface area contributed by atoms with Crippen molar-refractivity contribution in [2.45, 2.75) is 39.2 Å². The molecule has 1 fully saturated rings. The van der Waals surface area contributed by atoms with E-state index in [4.69, 9.17) is 20.5 Å². The Morgan fingerprint density at radius 3 is 2.62 bits per heavy atom. The van der Waals surface area contributed by atoms with Gasteiger partial charge >= 0.3 is 0 Å². The molecule has 0 aliphatic carbocycles. The van der Waals surface area contributed by atoms with E-state index in [9.17, 15) is 9.90 Å². The third-order valence-corrected chi connectivity index (χ3v) is 7.54. The Labute approximate surface area is 236 Å². The van der Waals surface area contributed by atoms with E-state index in [0.717, 1.165) is 37.3 Å². The number of imidazole rings is 1. The Hall–Kier alpha value is -4.09. The molecule has 0 spiro atoms. The van der Waals surface area contributed by atoms with Crippen molar-refractivity contribution in [2.75, 3.05) is 24.6 Å². The fourth-order valence-electron chi connectivity index (χ4n) is 4.93. The number of thiophene rings is 1. The van der Waals surface area contributed by atoms with E-state index in [0.29, 0.717) is 40.5 Å². The second kappa shape index (κ2) is 12.0. The van der Waals surface area contributed by atoms with E-state index in [-0.39, 0.29) is 24.3 Å². The number of aliphatic hydroxyl groups is 1. The number of nitrogens with one attached hydrogen (secondary N) is 3. The Kier molecular flexibility index (Phi) is 8.22. The van der Waals surface area contributed by atoms with Crippen molar-refractivity contribution in [1.29, 1.82) is 10.8 Å². The maximum atomic E-state index is 13.5. The normalized spacial score (nSPS) is 14.1. The fraction of sp³-hybridized carbons (Fsp3) is 0.345. The number of nitrogens with zero attached hydrogens (tertiary/aromatic N) is 4. The molecule has 208 valence electrons. The number of carbonyl (C=O) groups excluding carboxylic acids is 1. The summed E-state index contributed by atoms with van der Waals surface area (Å²) in [4.78, 5) is 25.0. The van der Waals surface area contributed by atoms with Gasteiger partial charge in [0.05, 0.1) is 23.8 Å². The summed E-state index contributed by atoms with van der Waals surface area (Å²) >= 11 is 1.49. The lowest BCUT2D eigenvalue weighted by Gasteiger charge is -2.18. The van der Waals surface area contributed by atoms with E-state index in [1.165, 1.54) is 11.3 Å². The lowest BCUT2D eigenvalue weighted by molar-refractivity contribution is 0.0903. The number of hydrogen-bond acceptors (Lipinski definition) is 9. The maximum absolute atomic E-state index is 13.5. The number of fused-ring (bicyclic) bond motifs is 1. The highest BCUT2D eigenvalue weighted by Crippen LogP contribution is 2.28. The van der Waals surface area contributed by atoms with Crippen LogP contribution in [0.25, 0.3) is 16.9 Å². The van der Waals surface area contributed by atoms with Crippen molar-refractivity contribution in [3.05, 3.63) is 70.3 Å². The lowest BCUT2D eigenvalue weighted by Crippen LogP contribution is -2.39. The van der Waals surface area contributed by atoms with Crippen LogP contribution in [-0.2, 0) is 4.74 Å². The quantitative estimate of drug-likeness (QED) is 0.175. The number of hydrogen-bond donors (Lipinski definition) is 4. The third-order valence-electron chi connectivity index (χ3n) is 6.86. The number of rotatable bonds is 9. The highest BCUT2D eigenvalue weighted by molar-refractivity contribution is 7.08. The van der Waals surface area contributed by atoms with Crippen LogP contribution in [0.3, 0.4) is 0 Å². The van der Waals surface area contributed by atoms with Crippen LogP contribution in [0.1, 0.15) is 54.7 Å². The Balaban J connectivity index is 1.43. The van der Waals surface area contributed by atoms with Crippen molar-refractivity contribution in [1.82, 2.24) is 19.7 Å². The summed E-state index contributed by atoms with van der Waals surface area (Å²) in [6.45, 7) is 5.85. The van der Waals surface area contributed by atoms with Gasteiger partial charge in [0.1, 0.15) is 17.2 Å². The first kappa shape index (κ1) is 27.5. The molecule has 5 heterocycles. The Bertz CT molecular complexity index is 1510. The summed E-state index contributed by atoms with van der Waals surface area (Å²) in [7, 11) is 0. The molecule has 1 aliphatic rings. The first-order valence-corrected chi connectivity index (χ1v) is 14.3. The van der Waals surface area contributed by atoms with Gasteiger partial charge in [0.2, 0.25) is 11.8 Å². The van der Waals surface area contributed by atoms with Crippen molar-refractivity contribution in [2.24, 2.45) is 5.92 Å². The highest BCUT2D eigenvalue weighted by Gasteiger charge is 2.26. The number of amides is 1. The molecule has 10 nitrogen and oxygen atoms in total. The second-order valence-electron chi connectivity index (χ2n) is 10.3. The van der Waals surface area contributed by atoms with Gasteiger partial charge in [-0.05, 0) is 60.9 Å². The van der Waals surface area contributed by atoms with Crippen LogP contribution in [0.2, 0.25) is 0 Å². The summed E-state index contributed by atoms with van der Waals surface area (Å²) in [5.41, 5.74) is 2.71. The predicted octanol–water partition coefficient (Wildman–Crippen LogP) is 4.56. The molecule has 11 heteroatoms. The minimum Gasteiger partial charge on any atom is -0.420 e. The number of aliphatic hydroxyl groups excluding tert-OH is 1. The largest absolute Gasteiger partial charge is 0.420 e. The van der Waals surface area contributed by atoms with Crippen molar-refractivity contribution >= 4 is 40.5 Å². The average molecular weight is 560 g/mol. The second-order valence-corrected chi connectivity index (χ2v) is 11.1. The molecule has 0 bridgehead atoms. The van der Waals surface area contributed by atoms with Crippen LogP contribution in [0.15, 0.2) is 53.5 Å². The van der Waals surface area contributed by atoms with Gasteiger partial charge in [0.25, 0.3) is 5.91 Å². The maximum Gasteiger partial charge on any atom is 0.270 e. The van der Waals surface area contributed by atoms with Crippen LogP contribution in [0.5, 0.6) is 0 Å². The summed E-state index contributed by atoms with van der Waals surface area (Å²) < 4.78 is 7.28.